The molecule has 1 saturated carbocycles. The number of nitrogens with zero attached hydrogens (tertiary/aromatic N) is 2. The summed E-state index contributed by atoms with van der Waals surface area (Å²) in [7, 11) is 0. The fourth-order valence-corrected chi connectivity index (χ4v) is 2.45. The Morgan fingerprint density at radius 2 is 2.06 bits per heavy atom. The molecule has 1 aliphatic carbocycles. The maximum absolute atomic E-state index is 6.02. The Kier molecular flexibility index (Phi) is 4.36. The smallest absolute Gasteiger partial charge is 0.222 e. The summed E-state index contributed by atoms with van der Waals surface area (Å²) in [6.45, 7) is 4.35. The van der Waals surface area contributed by atoms with Crippen LogP contribution in [0.25, 0.3) is 0 Å². The third-order valence-corrected chi connectivity index (χ3v) is 3.64. The van der Waals surface area contributed by atoms with E-state index in [2.05, 4.69) is 29.2 Å². The molecule has 0 atom stereocenters. The normalized spacial score (nSPS) is 23.7. The Balaban J connectivity index is 2.09. The van der Waals surface area contributed by atoms with Gasteiger partial charge in [0.05, 0.1) is 5.56 Å². The van der Waals surface area contributed by atoms with E-state index in [0.29, 0.717) is 11.7 Å². The monoisotopic (exact) mass is 250 g/mol. The highest BCUT2D eigenvalue weighted by atomic mass is 16.5. The summed E-state index contributed by atoms with van der Waals surface area (Å²) in [4.78, 5) is 8.35. The zero-order chi connectivity index (χ0) is 13.0. The van der Waals surface area contributed by atoms with Crippen molar-refractivity contribution in [2.45, 2.75) is 52.1 Å². The van der Waals surface area contributed by atoms with Crippen LogP contribution in [-0.4, -0.2) is 16.1 Å². The van der Waals surface area contributed by atoms with Crippen molar-refractivity contribution in [3.63, 3.8) is 0 Å². The topological polar surface area (TPSA) is 73.1 Å². The minimum Gasteiger partial charge on any atom is -0.474 e. The van der Waals surface area contributed by atoms with E-state index in [1.807, 2.05) is 0 Å². The van der Waals surface area contributed by atoms with Crippen LogP contribution < -0.4 is 16.0 Å². The lowest BCUT2D eigenvalue weighted by molar-refractivity contribution is 0.129. The van der Waals surface area contributed by atoms with Crippen molar-refractivity contribution in [2.75, 3.05) is 5.43 Å². The lowest BCUT2D eigenvalue weighted by atomic mass is 9.89. The molecule has 2 rings (SSSR count). The van der Waals surface area contributed by atoms with Gasteiger partial charge in [-0.25, -0.2) is 15.8 Å². The number of nitrogen functional groups attached to an aromatic ring is 1. The molecule has 0 unspecified atom stereocenters. The molecule has 1 aromatic heterocycles. The van der Waals surface area contributed by atoms with Crippen LogP contribution in [-0.2, 0) is 6.42 Å². The van der Waals surface area contributed by atoms with Gasteiger partial charge in [-0.2, -0.15) is 0 Å². The van der Waals surface area contributed by atoms with Crippen molar-refractivity contribution in [1.82, 2.24) is 9.97 Å². The molecular formula is C13H22N4O. The molecule has 18 heavy (non-hydrogen) atoms. The molecule has 5 nitrogen and oxygen atoms in total. The first-order valence-electron chi connectivity index (χ1n) is 6.71. The molecule has 0 saturated heterocycles. The predicted octanol–water partition coefficient (Wildman–Crippen LogP) is 2.28. The molecule has 3 N–H and O–H groups in total. The molecule has 100 valence electrons. The lowest BCUT2D eigenvalue weighted by Gasteiger charge is -2.27. The summed E-state index contributed by atoms with van der Waals surface area (Å²) < 4.78 is 6.02. The number of ether oxygens (including phenoxy) is 1. The van der Waals surface area contributed by atoms with Gasteiger partial charge in [-0.3, -0.25) is 0 Å². The zero-order valence-electron chi connectivity index (χ0n) is 11.1. The standard InChI is InChI=1S/C13H22N4O/c1-3-11-12(17-14)15-8-16-13(11)18-10-6-4-9(2)5-7-10/h8-10H,3-7,14H2,1-2H3,(H,15,16,17). The highest BCUT2D eigenvalue weighted by molar-refractivity contribution is 5.47. The highest BCUT2D eigenvalue weighted by Crippen LogP contribution is 2.29. The number of hydrogen-bond acceptors (Lipinski definition) is 5. The van der Waals surface area contributed by atoms with Crippen molar-refractivity contribution >= 4 is 5.82 Å². The molecule has 0 aromatic carbocycles. The van der Waals surface area contributed by atoms with E-state index < -0.39 is 0 Å². The van der Waals surface area contributed by atoms with E-state index in [9.17, 15) is 0 Å². The molecule has 1 aromatic rings. The Hall–Kier alpha value is -1.36. The molecule has 0 bridgehead atoms. The van der Waals surface area contributed by atoms with Crippen LogP contribution in [0.2, 0.25) is 0 Å². The average molecular weight is 250 g/mol. The highest BCUT2D eigenvalue weighted by Gasteiger charge is 2.21. The van der Waals surface area contributed by atoms with E-state index in [1.54, 1.807) is 0 Å². The van der Waals surface area contributed by atoms with Gasteiger partial charge >= 0.3 is 0 Å². The Labute approximate surface area is 108 Å². The van der Waals surface area contributed by atoms with Gasteiger partial charge in [0.25, 0.3) is 0 Å². The van der Waals surface area contributed by atoms with Crippen LogP contribution in [0.5, 0.6) is 5.88 Å². The maximum Gasteiger partial charge on any atom is 0.222 e. The van der Waals surface area contributed by atoms with Crippen LogP contribution in [0, 0.1) is 5.92 Å². The van der Waals surface area contributed by atoms with E-state index >= 15 is 0 Å². The summed E-state index contributed by atoms with van der Waals surface area (Å²) in [5, 5.41) is 0. The SMILES string of the molecule is CCc1c(NN)ncnc1OC1CCC(C)CC1. The molecule has 0 aliphatic heterocycles. The van der Waals surface area contributed by atoms with Crippen molar-refractivity contribution in [2.24, 2.45) is 11.8 Å². The van der Waals surface area contributed by atoms with Crippen LogP contribution in [0.1, 0.15) is 45.1 Å². The van der Waals surface area contributed by atoms with Gasteiger partial charge in [-0.15, -0.1) is 0 Å². The first-order chi connectivity index (χ1) is 8.74. The number of rotatable bonds is 4. The summed E-state index contributed by atoms with van der Waals surface area (Å²) >= 11 is 0. The fraction of sp³-hybridized carbons (Fsp3) is 0.692. The number of aromatic nitrogens is 2. The van der Waals surface area contributed by atoms with Crippen molar-refractivity contribution < 1.29 is 4.74 Å². The van der Waals surface area contributed by atoms with E-state index in [1.165, 1.54) is 19.2 Å². The molecule has 0 spiro atoms. The third kappa shape index (κ3) is 2.90. The van der Waals surface area contributed by atoms with Gasteiger partial charge in [0.15, 0.2) is 0 Å². The second-order valence-corrected chi connectivity index (χ2v) is 5.00. The minimum atomic E-state index is 0.284. The summed E-state index contributed by atoms with van der Waals surface area (Å²) in [6.07, 6.45) is 7.28. The van der Waals surface area contributed by atoms with Crippen LogP contribution in [0.4, 0.5) is 5.82 Å². The minimum absolute atomic E-state index is 0.284. The van der Waals surface area contributed by atoms with Crippen molar-refractivity contribution in [3.8, 4) is 5.88 Å². The first-order valence-corrected chi connectivity index (χ1v) is 6.71. The molecule has 1 aliphatic rings. The Morgan fingerprint density at radius 1 is 1.33 bits per heavy atom. The van der Waals surface area contributed by atoms with Gasteiger partial charge in [0.2, 0.25) is 5.88 Å². The predicted molar refractivity (Wildman–Crippen MR) is 71.3 cm³/mol. The van der Waals surface area contributed by atoms with Gasteiger partial charge in [0.1, 0.15) is 18.2 Å². The fourth-order valence-electron chi connectivity index (χ4n) is 2.45. The third-order valence-electron chi connectivity index (χ3n) is 3.64. The molecule has 5 heteroatoms. The molecule has 1 heterocycles. The zero-order valence-corrected chi connectivity index (χ0v) is 11.1. The first kappa shape index (κ1) is 13.1. The Morgan fingerprint density at radius 3 is 2.67 bits per heavy atom. The number of anilines is 1. The summed E-state index contributed by atoms with van der Waals surface area (Å²) in [6, 6.07) is 0. The molecule has 1 fully saturated rings. The number of hydrogen-bond donors (Lipinski definition) is 2. The largest absolute Gasteiger partial charge is 0.474 e. The van der Waals surface area contributed by atoms with Crippen molar-refractivity contribution in [1.29, 1.82) is 0 Å². The van der Waals surface area contributed by atoms with Gasteiger partial charge in [-0.05, 0) is 38.0 Å². The molecular weight excluding hydrogens is 228 g/mol. The maximum atomic E-state index is 6.02. The summed E-state index contributed by atoms with van der Waals surface area (Å²) in [5.41, 5.74) is 3.56. The van der Waals surface area contributed by atoms with E-state index in [0.717, 1.165) is 30.7 Å². The van der Waals surface area contributed by atoms with E-state index in [4.69, 9.17) is 10.6 Å². The average Bonchev–Trinajstić information content (AvgIpc) is 2.41. The van der Waals surface area contributed by atoms with Crippen LogP contribution >= 0.6 is 0 Å². The number of nitrogens with two attached hydrogens (primary N) is 1. The van der Waals surface area contributed by atoms with Crippen molar-refractivity contribution in [3.05, 3.63) is 11.9 Å². The van der Waals surface area contributed by atoms with Gasteiger partial charge in [-0.1, -0.05) is 13.8 Å². The van der Waals surface area contributed by atoms with Crippen LogP contribution in [0.3, 0.4) is 0 Å². The lowest BCUT2D eigenvalue weighted by Crippen LogP contribution is -2.24. The van der Waals surface area contributed by atoms with Crippen LogP contribution in [0.15, 0.2) is 6.33 Å². The molecule has 0 amide bonds. The Bertz CT molecular complexity index is 389. The second-order valence-electron chi connectivity index (χ2n) is 5.00. The number of hydrazine groups is 1. The van der Waals surface area contributed by atoms with E-state index in [-0.39, 0.29) is 6.10 Å². The quantitative estimate of drug-likeness (QED) is 0.633. The summed E-state index contributed by atoms with van der Waals surface area (Å²) in [5.74, 6) is 7.61. The number of nitrogens with one attached hydrogen (secondary N) is 1. The second kappa shape index (κ2) is 6.00. The molecule has 0 radical (unpaired) electrons. The van der Waals surface area contributed by atoms with Gasteiger partial charge in [0, 0.05) is 0 Å². The van der Waals surface area contributed by atoms with Gasteiger partial charge < -0.3 is 10.2 Å².